The summed E-state index contributed by atoms with van der Waals surface area (Å²) in [7, 11) is -5.72. The van der Waals surface area contributed by atoms with Crippen molar-refractivity contribution in [3.63, 3.8) is 0 Å². The lowest BCUT2D eigenvalue weighted by Crippen LogP contribution is -2.76. The van der Waals surface area contributed by atoms with Gasteiger partial charge in [-0.2, -0.15) is 0 Å². The number of rotatable bonds is 8. The van der Waals surface area contributed by atoms with Gasteiger partial charge in [-0.25, -0.2) is 0 Å². The Morgan fingerprint density at radius 1 is 0.778 bits per heavy atom. The molecule has 2 aromatic carbocycles. The van der Waals surface area contributed by atoms with Crippen molar-refractivity contribution in [1.29, 1.82) is 0 Å². The molecule has 0 aliphatic carbocycles. The van der Waals surface area contributed by atoms with Crippen LogP contribution in [0.4, 0.5) is 0 Å². The van der Waals surface area contributed by atoms with E-state index in [1.807, 2.05) is 87.6 Å². The molecule has 0 radical (unpaired) electrons. The van der Waals surface area contributed by atoms with Gasteiger partial charge < -0.3 is 14.1 Å². The summed E-state index contributed by atoms with van der Waals surface area (Å²) in [4.78, 5) is 30.8. The van der Waals surface area contributed by atoms with E-state index >= 15 is 0 Å². The molecule has 2 rings (SSSR count). The van der Waals surface area contributed by atoms with Crippen molar-refractivity contribution in [2.45, 2.75) is 39.8 Å². The lowest BCUT2D eigenvalue weighted by Gasteiger charge is -2.39. The minimum absolute atomic E-state index is 0.0440. The Labute approximate surface area is 163 Å². The lowest BCUT2D eigenvalue weighted by atomic mass is 10.4. The molecule has 0 aliphatic heterocycles. The standard InChI is InChI=1S/C20H28N2O3Si2/c1-5-19(23)21-26(3,4)25-27(22-20(24)6-2,17-13-9-7-10-14-17)18-15-11-8-12-16-18/h7-16H,5-6H2,1-4H3,(H,21,23)(H,22,24). The second kappa shape index (κ2) is 9.12. The van der Waals surface area contributed by atoms with Crippen LogP contribution >= 0.6 is 0 Å². The zero-order valence-corrected chi connectivity index (χ0v) is 18.4. The van der Waals surface area contributed by atoms with Crippen LogP contribution in [0.5, 0.6) is 0 Å². The average Bonchev–Trinajstić information content (AvgIpc) is 2.68. The van der Waals surface area contributed by atoms with E-state index in [9.17, 15) is 9.59 Å². The van der Waals surface area contributed by atoms with Gasteiger partial charge in [0.2, 0.25) is 11.8 Å². The van der Waals surface area contributed by atoms with Crippen molar-refractivity contribution in [3.8, 4) is 0 Å². The first-order chi connectivity index (χ1) is 12.8. The summed E-state index contributed by atoms with van der Waals surface area (Å²) in [6.07, 6.45) is 0.757. The Morgan fingerprint density at radius 3 is 1.59 bits per heavy atom. The van der Waals surface area contributed by atoms with Crippen LogP contribution in [0, 0.1) is 0 Å². The van der Waals surface area contributed by atoms with Gasteiger partial charge in [-0.05, 0) is 23.5 Å². The number of hydrogen-bond donors (Lipinski definition) is 2. The number of carbonyl (C=O) groups excluding carboxylic acids is 2. The van der Waals surface area contributed by atoms with Crippen LogP contribution in [0.1, 0.15) is 26.7 Å². The normalized spacial score (nSPS) is 11.7. The topological polar surface area (TPSA) is 67.4 Å². The minimum Gasteiger partial charge on any atom is -0.417 e. The average molecular weight is 401 g/mol. The molecule has 0 bridgehead atoms. The lowest BCUT2D eigenvalue weighted by molar-refractivity contribution is -0.120. The second-order valence-electron chi connectivity index (χ2n) is 6.83. The first-order valence-corrected chi connectivity index (χ1v) is 14.1. The molecule has 0 aromatic heterocycles. The molecule has 0 unspecified atom stereocenters. The van der Waals surface area contributed by atoms with Gasteiger partial charge in [0.05, 0.1) is 0 Å². The van der Waals surface area contributed by atoms with Crippen LogP contribution in [0.2, 0.25) is 13.1 Å². The monoisotopic (exact) mass is 400 g/mol. The van der Waals surface area contributed by atoms with E-state index in [4.69, 9.17) is 4.12 Å². The molecule has 27 heavy (non-hydrogen) atoms. The van der Waals surface area contributed by atoms with E-state index in [1.165, 1.54) is 0 Å². The molecule has 0 heterocycles. The highest BCUT2D eigenvalue weighted by Gasteiger charge is 2.47. The number of nitrogens with one attached hydrogen (secondary N) is 2. The number of carbonyl (C=O) groups is 2. The molecule has 0 aliphatic rings. The third-order valence-electron chi connectivity index (χ3n) is 4.17. The summed E-state index contributed by atoms with van der Waals surface area (Å²) in [5.41, 5.74) is 0. The second-order valence-corrected chi connectivity index (χ2v) is 13.7. The zero-order valence-electron chi connectivity index (χ0n) is 16.4. The van der Waals surface area contributed by atoms with E-state index in [0.717, 1.165) is 10.4 Å². The predicted molar refractivity (Wildman–Crippen MR) is 113 cm³/mol. The maximum absolute atomic E-state index is 12.5. The maximum Gasteiger partial charge on any atom is 0.359 e. The van der Waals surface area contributed by atoms with Gasteiger partial charge >= 0.3 is 8.48 Å². The highest BCUT2D eigenvalue weighted by molar-refractivity contribution is 7.01. The first-order valence-electron chi connectivity index (χ1n) is 9.26. The van der Waals surface area contributed by atoms with Gasteiger partial charge in [-0.3, -0.25) is 9.59 Å². The van der Waals surface area contributed by atoms with E-state index in [2.05, 4.69) is 9.96 Å². The van der Waals surface area contributed by atoms with Crippen molar-refractivity contribution in [3.05, 3.63) is 60.7 Å². The number of amides is 2. The fraction of sp³-hybridized carbons (Fsp3) is 0.300. The highest BCUT2D eigenvalue weighted by atomic mass is 28.4. The van der Waals surface area contributed by atoms with E-state index in [1.54, 1.807) is 0 Å². The van der Waals surface area contributed by atoms with Crippen LogP contribution in [-0.4, -0.2) is 28.8 Å². The molecular formula is C20H28N2O3Si2. The van der Waals surface area contributed by atoms with Gasteiger partial charge in [0.15, 0.2) is 0 Å². The summed E-state index contributed by atoms with van der Waals surface area (Å²) >= 11 is 0. The summed E-state index contributed by atoms with van der Waals surface area (Å²) < 4.78 is 6.76. The molecule has 2 amide bonds. The van der Waals surface area contributed by atoms with Crippen molar-refractivity contribution < 1.29 is 13.7 Å². The number of hydrogen-bond acceptors (Lipinski definition) is 3. The Morgan fingerprint density at radius 2 is 1.19 bits per heavy atom. The predicted octanol–water partition coefficient (Wildman–Crippen LogP) is 2.01. The van der Waals surface area contributed by atoms with Gasteiger partial charge in [-0.1, -0.05) is 74.5 Å². The van der Waals surface area contributed by atoms with Crippen LogP contribution in [0.15, 0.2) is 60.7 Å². The molecule has 0 atom stereocenters. The van der Waals surface area contributed by atoms with Gasteiger partial charge in [-0.15, -0.1) is 0 Å². The first kappa shape index (κ1) is 21.1. The molecule has 7 heteroatoms. The van der Waals surface area contributed by atoms with Crippen molar-refractivity contribution in [2.75, 3.05) is 0 Å². The van der Waals surface area contributed by atoms with Crippen LogP contribution in [-0.2, 0) is 13.7 Å². The Hall–Kier alpha value is -2.23. The fourth-order valence-corrected chi connectivity index (χ4v) is 10.7. The molecule has 2 aromatic rings. The summed E-state index contributed by atoms with van der Waals surface area (Å²) in [5.74, 6) is -0.113. The van der Waals surface area contributed by atoms with Crippen molar-refractivity contribution >= 4 is 39.1 Å². The molecule has 5 nitrogen and oxygen atoms in total. The van der Waals surface area contributed by atoms with E-state index < -0.39 is 17.0 Å². The van der Waals surface area contributed by atoms with Gasteiger partial charge in [0.1, 0.15) is 0 Å². The molecule has 144 valence electrons. The smallest absolute Gasteiger partial charge is 0.359 e. The quantitative estimate of drug-likeness (QED) is 0.666. The van der Waals surface area contributed by atoms with Crippen LogP contribution in [0.25, 0.3) is 0 Å². The largest absolute Gasteiger partial charge is 0.417 e. The molecule has 0 fully saturated rings. The summed E-state index contributed by atoms with van der Waals surface area (Å²) in [5, 5.41) is 1.90. The van der Waals surface area contributed by atoms with Gasteiger partial charge in [0, 0.05) is 12.8 Å². The van der Waals surface area contributed by atoms with E-state index in [0.29, 0.717) is 12.8 Å². The zero-order chi connectivity index (χ0) is 19.9. The fourth-order valence-electron chi connectivity index (χ4n) is 2.92. The Bertz CT molecular complexity index is 728. The minimum atomic E-state index is -3.10. The molecular weight excluding hydrogens is 372 g/mol. The SMILES string of the molecule is CCC(=O)N[Si](C)(C)O[Si](NC(=O)CC)(c1ccccc1)c1ccccc1. The third kappa shape index (κ3) is 5.38. The molecule has 0 spiro atoms. The number of benzene rings is 2. The molecule has 0 saturated heterocycles. The Kier molecular flexibility index (Phi) is 7.12. The highest BCUT2D eigenvalue weighted by Crippen LogP contribution is 2.13. The summed E-state index contributed by atoms with van der Waals surface area (Å²) in [6, 6.07) is 19.6. The summed E-state index contributed by atoms with van der Waals surface area (Å²) in [6.45, 7) is 7.54. The molecule has 2 N–H and O–H groups in total. The maximum atomic E-state index is 12.5. The van der Waals surface area contributed by atoms with Crippen LogP contribution in [0.3, 0.4) is 0 Å². The van der Waals surface area contributed by atoms with Crippen LogP contribution < -0.4 is 20.3 Å². The van der Waals surface area contributed by atoms with Gasteiger partial charge in [0.25, 0.3) is 8.48 Å². The third-order valence-corrected chi connectivity index (χ3v) is 11.2. The molecule has 0 saturated carbocycles. The van der Waals surface area contributed by atoms with Crippen molar-refractivity contribution in [2.24, 2.45) is 0 Å². The Balaban J connectivity index is 2.60. The van der Waals surface area contributed by atoms with E-state index in [-0.39, 0.29) is 11.8 Å². The van der Waals surface area contributed by atoms with Crippen molar-refractivity contribution in [1.82, 2.24) is 9.96 Å².